The van der Waals surface area contributed by atoms with E-state index in [0.29, 0.717) is 42.4 Å². The molecular formula is C19H29IN4O3S2. The summed E-state index contributed by atoms with van der Waals surface area (Å²) >= 11 is 1.20. The summed E-state index contributed by atoms with van der Waals surface area (Å²) in [5, 5.41) is 8.07. The minimum absolute atomic E-state index is 0. The highest BCUT2D eigenvalue weighted by molar-refractivity contribution is 14.0. The number of benzene rings is 1. The minimum Gasteiger partial charge on any atom is -0.376 e. The Hall–Kier alpha value is -1.21. The molecule has 0 aliphatic heterocycles. The number of sulfonamides is 1. The molecule has 7 nitrogen and oxygen atoms in total. The van der Waals surface area contributed by atoms with Crippen molar-refractivity contribution in [2.24, 2.45) is 10.9 Å². The highest BCUT2D eigenvalue weighted by Gasteiger charge is 2.13. The molecule has 3 N–H and O–H groups in total. The third-order valence-electron chi connectivity index (χ3n) is 3.82. The fraction of sp³-hybridized carbons (Fsp3) is 0.421. The van der Waals surface area contributed by atoms with Crippen molar-refractivity contribution in [3.8, 4) is 0 Å². The van der Waals surface area contributed by atoms with Crippen LogP contribution in [0.3, 0.4) is 0 Å². The Labute approximate surface area is 194 Å². The van der Waals surface area contributed by atoms with E-state index in [4.69, 9.17) is 4.74 Å². The van der Waals surface area contributed by atoms with Gasteiger partial charge in [-0.2, -0.15) is 0 Å². The summed E-state index contributed by atoms with van der Waals surface area (Å²) in [6.45, 7) is 4.75. The van der Waals surface area contributed by atoms with Crippen molar-refractivity contribution in [2.45, 2.75) is 17.7 Å². The highest BCUT2D eigenvalue weighted by atomic mass is 127. The Kier molecular flexibility index (Phi) is 12.4. The quantitative estimate of drug-likeness (QED) is 0.173. The van der Waals surface area contributed by atoms with Gasteiger partial charge < -0.3 is 15.4 Å². The normalized spacial score (nSPS) is 12.8. The molecule has 2 rings (SSSR count). The largest absolute Gasteiger partial charge is 0.376 e. The highest BCUT2D eigenvalue weighted by Crippen LogP contribution is 2.14. The van der Waals surface area contributed by atoms with Crippen molar-refractivity contribution in [2.75, 3.05) is 33.3 Å². The summed E-state index contributed by atoms with van der Waals surface area (Å²) < 4.78 is 32.7. The van der Waals surface area contributed by atoms with Crippen LogP contribution in [-0.2, 0) is 21.4 Å². The zero-order valence-electron chi connectivity index (χ0n) is 16.6. The maximum atomic E-state index is 12.0. The van der Waals surface area contributed by atoms with E-state index < -0.39 is 10.0 Å². The summed E-state index contributed by atoms with van der Waals surface area (Å²) in [6, 6.07) is 13.4. The molecule has 10 heteroatoms. The SMILES string of the molecule is CN=C(NCCNS(=O)(=O)c1cccs1)NCC(C)COCc1ccccc1.I. The van der Waals surface area contributed by atoms with Gasteiger partial charge in [0.2, 0.25) is 10.0 Å². The third kappa shape index (κ3) is 9.90. The molecule has 1 unspecified atom stereocenters. The van der Waals surface area contributed by atoms with Crippen LogP contribution in [0.15, 0.2) is 57.0 Å². The van der Waals surface area contributed by atoms with Crippen molar-refractivity contribution in [3.63, 3.8) is 0 Å². The van der Waals surface area contributed by atoms with Crippen LogP contribution in [0.2, 0.25) is 0 Å². The standard InChI is InChI=1S/C19H28N4O3S2.HI/c1-16(14-26-15-17-7-4-3-5-8-17)13-22-19(20-2)21-10-11-23-28(24,25)18-9-6-12-27-18;/h3-9,12,16,23H,10-11,13-15H2,1-2H3,(H2,20,21,22);1H. The first-order chi connectivity index (χ1) is 13.5. The molecule has 0 spiro atoms. The summed E-state index contributed by atoms with van der Waals surface area (Å²) in [5.74, 6) is 0.935. The maximum absolute atomic E-state index is 12.0. The van der Waals surface area contributed by atoms with Crippen LogP contribution in [-0.4, -0.2) is 47.7 Å². The molecule has 1 aromatic heterocycles. The molecule has 0 aliphatic carbocycles. The first kappa shape index (κ1) is 25.8. The topological polar surface area (TPSA) is 91.8 Å². The zero-order valence-corrected chi connectivity index (χ0v) is 20.6. The number of nitrogens with one attached hydrogen (secondary N) is 3. The van der Waals surface area contributed by atoms with Gasteiger partial charge in [0.25, 0.3) is 0 Å². The monoisotopic (exact) mass is 552 g/mol. The van der Waals surface area contributed by atoms with Gasteiger partial charge in [0.1, 0.15) is 4.21 Å². The average Bonchev–Trinajstić information content (AvgIpc) is 3.24. The molecule has 0 saturated carbocycles. The number of guanidine groups is 1. The predicted octanol–water partition coefficient (Wildman–Crippen LogP) is 2.66. The minimum atomic E-state index is -3.43. The number of thiophene rings is 1. The second-order valence-electron chi connectivity index (χ2n) is 6.32. The first-order valence-corrected chi connectivity index (χ1v) is 11.5. The van der Waals surface area contributed by atoms with E-state index >= 15 is 0 Å². The summed E-state index contributed by atoms with van der Waals surface area (Å²) in [4.78, 5) is 4.15. The molecule has 0 saturated heterocycles. The summed E-state index contributed by atoms with van der Waals surface area (Å²) in [5.41, 5.74) is 1.16. The smallest absolute Gasteiger partial charge is 0.250 e. The molecule has 0 fully saturated rings. The molecule has 1 aromatic carbocycles. The van der Waals surface area contributed by atoms with Crippen molar-refractivity contribution in [3.05, 3.63) is 53.4 Å². The molecule has 2 aromatic rings. The van der Waals surface area contributed by atoms with Crippen LogP contribution < -0.4 is 15.4 Å². The predicted molar refractivity (Wildman–Crippen MR) is 130 cm³/mol. The molecule has 0 aliphatic rings. The van der Waals surface area contributed by atoms with Crippen LogP contribution in [0, 0.1) is 5.92 Å². The lowest BCUT2D eigenvalue weighted by atomic mass is 10.2. The Balaban J connectivity index is 0.00000420. The molecule has 1 atom stereocenters. The van der Waals surface area contributed by atoms with Gasteiger partial charge in [0.05, 0.1) is 13.2 Å². The van der Waals surface area contributed by atoms with E-state index in [2.05, 4.69) is 27.3 Å². The second-order valence-corrected chi connectivity index (χ2v) is 9.26. The van der Waals surface area contributed by atoms with E-state index in [1.54, 1.807) is 24.6 Å². The fourth-order valence-corrected chi connectivity index (χ4v) is 4.43. The number of aliphatic imine (C=N–C) groups is 1. The number of nitrogens with zero attached hydrogens (tertiary/aromatic N) is 1. The van der Waals surface area contributed by atoms with E-state index in [9.17, 15) is 8.42 Å². The van der Waals surface area contributed by atoms with Gasteiger partial charge in [-0.15, -0.1) is 35.3 Å². The Morgan fingerprint density at radius 1 is 1.14 bits per heavy atom. The summed E-state index contributed by atoms with van der Waals surface area (Å²) in [6.07, 6.45) is 0. The van der Waals surface area contributed by atoms with Gasteiger partial charge >= 0.3 is 0 Å². The van der Waals surface area contributed by atoms with Crippen LogP contribution in [0.4, 0.5) is 0 Å². The number of hydrogen-bond donors (Lipinski definition) is 3. The maximum Gasteiger partial charge on any atom is 0.250 e. The molecule has 0 bridgehead atoms. The van der Waals surface area contributed by atoms with E-state index in [-0.39, 0.29) is 30.5 Å². The van der Waals surface area contributed by atoms with Gasteiger partial charge in [0, 0.05) is 26.7 Å². The number of halogens is 1. The lowest BCUT2D eigenvalue weighted by Gasteiger charge is -2.16. The van der Waals surface area contributed by atoms with Gasteiger partial charge in [-0.05, 0) is 22.9 Å². The van der Waals surface area contributed by atoms with E-state index in [1.807, 2.05) is 30.3 Å². The number of rotatable bonds is 11. The van der Waals surface area contributed by atoms with E-state index in [1.165, 1.54) is 11.3 Å². The van der Waals surface area contributed by atoms with Crippen LogP contribution in [0.1, 0.15) is 12.5 Å². The number of hydrogen-bond acceptors (Lipinski definition) is 5. The first-order valence-electron chi connectivity index (χ1n) is 9.10. The van der Waals surface area contributed by atoms with E-state index in [0.717, 1.165) is 5.56 Å². The van der Waals surface area contributed by atoms with Gasteiger partial charge in [-0.1, -0.05) is 43.3 Å². The fourth-order valence-electron chi connectivity index (χ4n) is 2.36. The van der Waals surface area contributed by atoms with Crippen molar-refractivity contribution in [1.29, 1.82) is 0 Å². The Morgan fingerprint density at radius 3 is 2.55 bits per heavy atom. The molecule has 0 amide bonds. The Bertz CT molecular complexity index is 815. The van der Waals surface area contributed by atoms with Crippen LogP contribution in [0.5, 0.6) is 0 Å². The average molecular weight is 553 g/mol. The van der Waals surface area contributed by atoms with Gasteiger partial charge in [-0.25, -0.2) is 13.1 Å². The van der Waals surface area contributed by atoms with Crippen molar-refractivity contribution in [1.82, 2.24) is 15.4 Å². The molecule has 29 heavy (non-hydrogen) atoms. The van der Waals surface area contributed by atoms with Crippen molar-refractivity contribution < 1.29 is 13.2 Å². The molecule has 0 radical (unpaired) electrons. The molecule has 1 heterocycles. The van der Waals surface area contributed by atoms with Gasteiger partial charge in [0.15, 0.2) is 5.96 Å². The van der Waals surface area contributed by atoms with Crippen LogP contribution >= 0.6 is 35.3 Å². The molecule has 162 valence electrons. The van der Waals surface area contributed by atoms with Crippen molar-refractivity contribution >= 4 is 51.3 Å². The summed E-state index contributed by atoms with van der Waals surface area (Å²) in [7, 11) is -1.75. The zero-order chi connectivity index (χ0) is 20.2. The number of ether oxygens (including phenoxy) is 1. The molecular weight excluding hydrogens is 523 g/mol. The third-order valence-corrected chi connectivity index (χ3v) is 6.68. The second kappa shape index (κ2) is 13.9. The Morgan fingerprint density at radius 2 is 1.90 bits per heavy atom. The van der Waals surface area contributed by atoms with Crippen LogP contribution in [0.25, 0.3) is 0 Å². The van der Waals surface area contributed by atoms with Gasteiger partial charge in [-0.3, -0.25) is 4.99 Å². The lowest BCUT2D eigenvalue weighted by molar-refractivity contribution is 0.0931. The lowest BCUT2D eigenvalue weighted by Crippen LogP contribution is -2.43.